The molecule has 6 nitrogen and oxygen atoms in total. The van der Waals surface area contributed by atoms with Crippen LogP contribution in [-0.2, 0) is 9.59 Å². The molecule has 0 bridgehead atoms. The maximum Gasteiger partial charge on any atom is 0.323 e. The van der Waals surface area contributed by atoms with E-state index in [1.54, 1.807) is 0 Å². The van der Waals surface area contributed by atoms with Gasteiger partial charge in [0.1, 0.15) is 11.6 Å². The Morgan fingerprint density at radius 2 is 1.95 bits per heavy atom. The van der Waals surface area contributed by atoms with Crippen LogP contribution in [0.1, 0.15) is 44.9 Å². The first kappa shape index (κ1) is 18.0. The molecule has 7 heteroatoms. The molecular formula is C14H25BN2O4. The van der Waals surface area contributed by atoms with Gasteiger partial charge in [-0.1, -0.05) is 25.6 Å². The number of likely N-dealkylation sites (tertiary alicyclic amines) is 1. The third kappa shape index (κ3) is 5.32. The average Bonchev–Trinajstić information content (AvgIpc) is 2.45. The van der Waals surface area contributed by atoms with Crippen LogP contribution >= 0.6 is 0 Å². The zero-order chi connectivity index (χ0) is 15.9. The predicted octanol–water partition coefficient (Wildman–Crippen LogP) is 0.855. The summed E-state index contributed by atoms with van der Waals surface area (Å²) in [5.74, 6) is -1.86. The van der Waals surface area contributed by atoms with Gasteiger partial charge in [0, 0.05) is 6.54 Å². The molecule has 0 amide bonds. The standard InChI is InChI=1S/C14H25BN2O4/c15-8-3-2-6-14(16,13(20)21)7-10-17-9-4-1-5-11(17)12(18)19/h11H,1-10,16H2,(H,18,19)(H,20,21). The summed E-state index contributed by atoms with van der Waals surface area (Å²) in [5, 5.41) is 18.6. The van der Waals surface area contributed by atoms with Crippen molar-refractivity contribution in [3.63, 3.8) is 0 Å². The molecule has 0 aromatic rings. The molecule has 1 rings (SSSR count). The Kier molecular flexibility index (Phi) is 7.18. The second-order valence-electron chi connectivity index (χ2n) is 5.84. The Morgan fingerprint density at radius 1 is 1.24 bits per heavy atom. The number of nitrogens with zero attached hydrogens (tertiary/aromatic N) is 1. The minimum Gasteiger partial charge on any atom is -0.480 e. The van der Waals surface area contributed by atoms with Crippen molar-refractivity contribution < 1.29 is 19.8 Å². The van der Waals surface area contributed by atoms with Gasteiger partial charge in [-0.2, -0.15) is 0 Å². The Labute approximate surface area is 127 Å². The topological polar surface area (TPSA) is 104 Å². The number of carbonyl (C=O) groups is 2. The number of aliphatic carboxylic acids is 2. The first-order valence-electron chi connectivity index (χ1n) is 7.60. The summed E-state index contributed by atoms with van der Waals surface area (Å²) in [6.45, 7) is 1.10. The molecule has 0 aliphatic carbocycles. The highest BCUT2D eigenvalue weighted by Crippen LogP contribution is 2.22. The van der Waals surface area contributed by atoms with Gasteiger partial charge in [0.25, 0.3) is 0 Å². The van der Waals surface area contributed by atoms with Gasteiger partial charge in [-0.25, -0.2) is 0 Å². The maximum absolute atomic E-state index is 11.4. The third-order valence-corrected chi connectivity index (χ3v) is 4.25. The van der Waals surface area contributed by atoms with Gasteiger partial charge in [-0.3, -0.25) is 14.5 Å². The second kappa shape index (κ2) is 8.39. The average molecular weight is 296 g/mol. The molecule has 0 aromatic heterocycles. The summed E-state index contributed by atoms with van der Waals surface area (Å²) in [6.07, 6.45) is 5.02. The lowest BCUT2D eigenvalue weighted by Gasteiger charge is -2.35. The lowest BCUT2D eigenvalue weighted by molar-refractivity contribution is -0.145. The lowest BCUT2D eigenvalue weighted by Crippen LogP contribution is -2.52. The number of rotatable bonds is 9. The molecule has 0 spiro atoms. The van der Waals surface area contributed by atoms with Crippen molar-refractivity contribution in [1.82, 2.24) is 4.90 Å². The number of hydrogen-bond donors (Lipinski definition) is 3. The van der Waals surface area contributed by atoms with Crippen molar-refractivity contribution in [2.45, 2.75) is 62.8 Å². The number of unbranched alkanes of at least 4 members (excludes halogenated alkanes) is 1. The smallest absolute Gasteiger partial charge is 0.323 e. The molecule has 118 valence electrons. The summed E-state index contributed by atoms with van der Waals surface area (Å²) in [4.78, 5) is 24.5. The van der Waals surface area contributed by atoms with Crippen LogP contribution in [0.2, 0.25) is 6.32 Å². The monoisotopic (exact) mass is 296 g/mol. The van der Waals surface area contributed by atoms with Crippen LogP contribution in [-0.4, -0.2) is 59.6 Å². The zero-order valence-corrected chi connectivity index (χ0v) is 12.5. The Morgan fingerprint density at radius 3 is 2.52 bits per heavy atom. The first-order valence-corrected chi connectivity index (χ1v) is 7.60. The van der Waals surface area contributed by atoms with Crippen LogP contribution in [0.4, 0.5) is 0 Å². The fraction of sp³-hybridized carbons (Fsp3) is 0.857. The highest BCUT2D eigenvalue weighted by molar-refractivity contribution is 6.08. The SMILES string of the molecule is [B]CCCCC(N)(CCN1CCCCC1C(=O)O)C(=O)O. The van der Waals surface area contributed by atoms with Crippen LogP contribution in [0.3, 0.4) is 0 Å². The van der Waals surface area contributed by atoms with Gasteiger partial charge >= 0.3 is 11.9 Å². The van der Waals surface area contributed by atoms with E-state index in [-0.39, 0.29) is 6.42 Å². The minimum absolute atomic E-state index is 0.261. The molecule has 2 atom stereocenters. The molecule has 4 N–H and O–H groups in total. The van der Waals surface area contributed by atoms with Gasteiger partial charge in [0.2, 0.25) is 0 Å². The summed E-state index contributed by atoms with van der Waals surface area (Å²) >= 11 is 0. The molecule has 0 aromatic carbocycles. The van der Waals surface area contributed by atoms with Gasteiger partial charge in [0.05, 0.1) is 7.85 Å². The van der Waals surface area contributed by atoms with E-state index in [1.165, 1.54) is 0 Å². The van der Waals surface area contributed by atoms with E-state index in [1.807, 2.05) is 4.90 Å². The molecule has 2 unspecified atom stereocenters. The van der Waals surface area contributed by atoms with E-state index >= 15 is 0 Å². The molecule has 1 heterocycles. The Hall–Kier alpha value is -1.08. The number of nitrogens with two attached hydrogens (primary N) is 1. The number of hydrogen-bond acceptors (Lipinski definition) is 4. The molecule has 0 saturated carbocycles. The number of piperidine rings is 1. The molecule has 1 aliphatic heterocycles. The van der Waals surface area contributed by atoms with E-state index < -0.39 is 23.5 Å². The zero-order valence-electron chi connectivity index (χ0n) is 12.5. The van der Waals surface area contributed by atoms with Gasteiger partial charge in [0.15, 0.2) is 0 Å². The van der Waals surface area contributed by atoms with Crippen molar-refractivity contribution in [2.75, 3.05) is 13.1 Å². The highest BCUT2D eigenvalue weighted by Gasteiger charge is 2.36. The fourth-order valence-corrected chi connectivity index (χ4v) is 2.81. The van der Waals surface area contributed by atoms with E-state index in [2.05, 4.69) is 0 Å². The quantitative estimate of drug-likeness (QED) is 0.430. The summed E-state index contributed by atoms with van der Waals surface area (Å²) in [5.41, 5.74) is 4.71. The molecule has 1 fully saturated rings. The van der Waals surface area contributed by atoms with Crippen molar-refractivity contribution in [2.24, 2.45) is 5.73 Å². The van der Waals surface area contributed by atoms with Crippen LogP contribution in [0, 0.1) is 0 Å². The first-order chi connectivity index (χ1) is 9.90. The number of carboxylic acid groups (broad SMARTS) is 2. The van der Waals surface area contributed by atoms with E-state index in [0.717, 1.165) is 19.3 Å². The van der Waals surface area contributed by atoms with Crippen molar-refractivity contribution in [1.29, 1.82) is 0 Å². The number of carboxylic acids is 2. The van der Waals surface area contributed by atoms with Crippen LogP contribution in [0.15, 0.2) is 0 Å². The Balaban J connectivity index is 2.58. The molecular weight excluding hydrogens is 271 g/mol. The van der Waals surface area contributed by atoms with E-state index in [9.17, 15) is 19.8 Å². The minimum atomic E-state index is -1.30. The fourth-order valence-electron chi connectivity index (χ4n) is 2.81. The van der Waals surface area contributed by atoms with Gasteiger partial charge in [-0.05, 0) is 32.2 Å². The van der Waals surface area contributed by atoms with Crippen molar-refractivity contribution in [3.05, 3.63) is 0 Å². The van der Waals surface area contributed by atoms with Gasteiger partial charge in [-0.15, -0.1) is 0 Å². The van der Waals surface area contributed by atoms with E-state index in [4.69, 9.17) is 13.6 Å². The summed E-state index contributed by atoms with van der Waals surface area (Å²) in [6, 6.07) is -0.513. The van der Waals surface area contributed by atoms with Crippen LogP contribution < -0.4 is 5.73 Å². The third-order valence-electron chi connectivity index (χ3n) is 4.25. The normalized spacial score (nSPS) is 22.6. The second-order valence-corrected chi connectivity index (χ2v) is 5.84. The molecule has 1 aliphatic rings. The lowest BCUT2D eigenvalue weighted by atomic mass is 9.87. The molecule has 1 saturated heterocycles. The maximum atomic E-state index is 11.4. The molecule has 2 radical (unpaired) electrons. The largest absolute Gasteiger partial charge is 0.480 e. The van der Waals surface area contributed by atoms with Crippen molar-refractivity contribution >= 4 is 19.8 Å². The highest BCUT2D eigenvalue weighted by atomic mass is 16.4. The predicted molar refractivity (Wildman–Crippen MR) is 80.4 cm³/mol. The summed E-state index contributed by atoms with van der Waals surface area (Å²) < 4.78 is 0. The van der Waals surface area contributed by atoms with Crippen LogP contribution in [0.25, 0.3) is 0 Å². The Bertz CT molecular complexity index is 367. The van der Waals surface area contributed by atoms with Crippen molar-refractivity contribution in [3.8, 4) is 0 Å². The summed E-state index contributed by atoms with van der Waals surface area (Å²) in [7, 11) is 5.41. The van der Waals surface area contributed by atoms with Gasteiger partial charge < -0.3 is 15.9 Å². The molecule has 21 heavy (non-hydrogen) atoms. The van der Waals surface area contributed by atoms with E-state index in [0.29, 0.717) is 38.7 Å². The van der Waals surface area contributed by atoms with Crippen LogP contribution in [0.5, 0.6) is 0 Å².